The highest BCUT2D eigenvalue weighted by molar-refractivity contribution is 5.97. The fraction of sp³-hybridized carbons (Fsp3) is 0.211. The first kappa shape index (κ1) is 19.0. The molecule has 0 spiro atoms. The minimum absolute atomic E-state index is 0.0236. The van der Waals surface area contributed by atoms with Crippen LogP contribution in [0.15, 0.2) is 42.5 Å². The van der Waals surface area contributed by atoms with Gasteiger partial charge in [-0.25, -0.2) is 9.59 Å². The molecule has 26 heavy (non-hydrogen) atoms. The van der Waals surface area contributed by atoms with E-state index in [2.05, 4.69) is 10.1 Å². The van der Waals surface area contributed by atoms with Crippen molar-refractivity contribution in [2.24, 2.45) is 0 Å². The van der Waals surface area contributed by atoms with Gasteiger partial charge in [-0.2, -0.15) is 0 Å². The van der Waals surface area contributed by atoms with Crippen LogP contribution in [0.2, 0.25) is 0 Å². The van der Waals surface area contributed by atoms with Gasteiger partial charge in [0.25, 0.3) is 5.91 Å². The summed E-state index contributed by atoms with van der Waals surface area (Å²) in [6.07, 6.45) is 0. The zero-order valence-corrected chi connectivity index (χ0v) is 14.4. The number of rotatable bonds is 6. The third-order valence-corrected chi connectivity index (χ3v) is 3.49. The molecule has 2 N–H and O–H groups in total. The Balaban J connectivity index is 1.77. The van der Waals surface area contributed by atoms with Crippen LogP contribution < -0.4 is 10.1 Å². The van der Waals surface area contributed by atoms with Gasteiger partial charge in [-0.15, -0.1) is 0 Å². The number of phenolic OH excluding ortho intramolecular Hbond substituents is 1. The van der Waals surface area contributed by atoms with E-state index in [-0.39, 0.29) is 11.3 Å². The fourth-order valence-electron chi connectivity index (χ4n) is 2.22. The van der Waals surface area contributed by atoms with Crippen molar-refractivity contribution in [3.63, 3.8) is 0 Å². The smallest absolute Gasteiger partial charge is 0.351 e. The highest BCUT2D eigenvalue weighted by Gasteiger charge is 2.14. The zero-order chi connectivity index (χ0) is 19.1. The summed E-state index contributed by atoms with van der Waals surface area (Å²) in [7, 11) is 0. The van der Waals surface area contributed by atoms with Gasteiger partial charge in [-0.05, 0) is 49.2 Å². The SMILES string of the molecule is Cc1cccc(C)c1OCC(=O)OC(=O)CNC(=O)c1ccc(O)cc1. The first-order valence-electron chi connectivity index (χ1n) is 7.86. The molecule has 0 aromatic heterocycles. The van der Waals surface area contributed by atoms with Crippen LogP contribution in [0.3, 0.4) is 0 Å². The minimum atomic E-state index is -0.896. The number of para-hydroxylation sites is 1. The Hall–Kier alpha value is -3.35. The maximum Gasteiger partial charge on any atom is 0.351 e. The summed E-state index contributed by atoms with van der Waals surface area (Å²) in [6.45, 7) is 2.81. The third kappa shape index (κ3) is 5.34. The van der Waals surface area contributed by atoms with Crippen LogP contribution in [-0.2, 0) is 14.3 Å². The number of nitrogens with one attached hydrogen (secondary N) is 1. The number of aryl methyl sites for hydroxylation is 2. The Morgan fingerprint density at radius 1 is 0.962 bits per heavy atom. The van der Waals surface area contributed by atoms with E-state index >= 15 is 0 Å². The predicted molar refractivity (Wildman–Crippen MR) is 93.0 cm³/mol. The molecule has 0 fully saturated rings. The van der Waals surface area contributed by atoms with E-state index in [0.717, 1.165) is 11.1 Å². The summed E-state index contributed by atoms with van der Waals surface area (Å²) in [5.41, 5.74) is 2.00. The molecule has 0 saturated heterocycles. The maximum absolute atomic E-state index is 11.8. The van der Waals surface area contributed by atoms with E-state index in [4.69, 9.17) is 9.84 Å². The first-order chi connectivity index (χ1) is 12.4. The summed E-state index contributed by atoms with van der Waals surface area (Å²) in [5, 5.41) is 11.5. The Morgan fingerprint density at radius 3 is 2.19 bits per heavy atom. The van der Waals surface area contributed by atoms with Crippen molar-refractivity contribution in [2.75, 3.05) is 13.2 Å². The van der Waals surface area contributed by atoms with Gasteiger partial charge >= 0.3 is 11.9 Å². The number of esters is 2. The number of phenols is 1. The van der Waals surface area contributed by atoms with Crippen molar-refractivity contribution < 1.29 is 29.0 Å². The number of amides is 1. The standard InChI is InChI=1S/C19H19NO6/c1-12-4-3-5-13(2)18(12)25-11-17(23)26-16(22)10-20-19(24)14-6-8-15(21)9-7-14/h3-9,21H,10-11H2,1-2H3,(H,20,24). The molecule has 0 aliphatic carbocycles. The number of carbonyl (C=O) groups excluding carboxylic acids is 3. The molecule has 2 aromatic rings. The lowest BCUT2D eigenvalue weighted by molar-refractivity contribution is -0.160. The van der Waals surface area contributed by atoms with Crippen molar-refractivity contribution >= 4 is 17.8 Å². The van der Waals surface area contributed by atoms with Crippen LogP contribution in [0.1, 0.15) is 21.5 Å². The van der Waals surface area contributed by atoms with E-state index in [9.17, 15) is 14.4 Å². The normalized spacial score (nSPS) is 10.1. The van der Waals surface area contributed by atoms with Gasteiger partial charge in [0, 0.05) is 5.56 Å². The molecule has 7 nitrogen and oxygen atoms in total. The van der Waals surface area contributed by atoms with Crippen molar-refractivity contribution in [1.29, 1.82) is 0 Å². The Morgan fingerprint density at radius 2 is 1.58 bits per heavy atom. The average Bonchev–Trinajstić information content (AvgIpc) is 2.60. The molecule has 0 unspecified atom stereocenters. The molecule has 0 aliphatic rings. The average molecular weight is 357 g/mol. The Bertz CT molecular complexity index is 793. The van der Waals surface area contributed by atoms with Crippen molar-refractivity contribution in [3.8, 4) is 11.5 Å². The number of benzene rings is 2. The topological polar surface area (TPSA) is 102 Å². The Labute approximate surface area is 150 Å². The zero-order valence-electron chi connectivity index (χ0n) is 14.4. The van der Waals surface area contributed by atoms with Crippen molar-refractivity contribution in [2.45, 2.75) is 13.8 Å². The van der Waals surface area contributed by atoms with Gasteiger partial charge in [-0.3, -0.25) is 4.79 Å². The van der Waals surface area contributed by atoms with Crippen LogP contribution in [0.5, 0.6) is 11.5 Å². The van der Waals surface area contributed by atoms with E-state index in [1.165, 1.54) is 24.3 Å². The van der Waals surface area contributed by atoms with Crippen molar-refractivity contribution in [1.82, 2.24) is 5.32 Å². The van der Waals surface area contributed by atoms with Crippen molar-refractivity contribution in [3.05, 3.63) is 59.2 Å². The van der Waals surface area contributed by atoms with E-state index in [1.807, 2.05) is 32.0 Å². The summed E-state index contributed by atoms with van der Waals surface area (Å²) < 4.78 is 10.00. The monoisotopic (exact) mass is 357 g/mol. The third-order valence-electron chi connectivity index (χ3n) is 3.49. The molecule has 7 heteroatoms. The van der Waals surface area contributed by atoms with Crippen LogP contribution in [0.25, 0.3) is 0 Å². The molecule has 2 aromatic carbocycles. The minimum Gasteiger partial charge on any atom is -0.508 e. The van der Waals surface area contributed by atoms with E-state index in [1.54, 1.807) is 0 Å². The van der Waals surface area contributed by atoms with Crippen LogP contribution >= 0.6 is 0 Å². The first-order valence-corrected chi connectivity index (χ1v) is 7.86. The van der Waals surface area contributed by atoms with Gasteiger partial charge in [-0.1, -0.05) is 18.2 Å². The second-order valence-corrected chi connectivity index (χ2v) is 5.59. The molecule has 0 radical (unpaired) electrons. The van der Waals surface area contributed by atoms with E-state index in [0.29, 0.717) is 5.75 Å². The molecule has 0 bridgehead atoms. The number of aromatic hydroxyl groups is 1. The molecule has 2 rings (SSSR count). The molecular weight excluding hydrogens is 338 g/mol. The summed E-state index contributed by atoms with van der Waals surface area (Å²) >= 11 is 0. The largest absolute Gasteiger partial charge is 0.508 e. The lowest BCUT2D eigenvalue weighted by Gasteiger charge is -2.11. The fourth-order valence-corrected chi connectivity index (χ4v) is 2.22. The highest BCUT2D eigenvalue weighted by atomic mass is 16.6. The molecule has 0 atom stereocenters. The van der Waals surface area contributed by atoms with Crippen LogP contribution in [0, 0.1) is 13.8 Å². The second-order valence-electron chi connectivity index (χ2n) is 5.59. The molecule has 0 saturated carbocycles. The lowest BCUT2D eigenvalue weighted by Crippen LogP contribution is -2.32. The summed E-state index contributed by atoms with van der Waals surface area (Å²) in [4.78, 5) is 35.1. The van der Waals surface area contributed by atoms with E-state index < -0.39 is 31.0 Å². The second kappa shape index (κ2) is 8.66. The van der Waals surface area contributed by atoms with Gasteiger partial charge in [0.15, 0.2) is 6.61 Å². The number of ether oxygens (including phenoxy) is 2. The number of carbonyl (C=O) groups is 3. The molecule has 0 heterocycles. The quantitative estimate of drug-likeness (QED) is 0.605. The lowest BCUT2D eigenvalue weighted by atomic mass is 10.1. The van der Waals surface area contributed by atoms with Gasteiger partial charge in [0.2, 0.25) is 0 Å². The van der Waals surface area contributed by atoms with Gasteiger partial charge in [0.1, 0.15) is 18.0 Å². The molecule has 1 amide bonds. The molecular formula is C19H19NO6. The number of hydrogen-bond acceptors (Lipinski definition) is 6. The number of hydrogen-bond donors (Lipinski definition) is 2. The Kier molecular flexibility index (Phi) is 6.32. The van der Waals surface area contributed by atoms with Crippen LogP contribution in [0.4, 0.5) is 0 Å². The van der Waals surface area contributed by atoms with Crippen LogP contribution in [-0.4, -0.2) is 36.1 Å². The molecule has 136 valence electrons. The summed E-state index contributed by atoms with van der Waals surface area (Å²) in [5.74, 6) is -1.68. The maximum atomic E-state index is 11.8. The predicted octanol–water partition coefficient (Wildman–Crippen LogP) is 1.89. The van der Waals surface area contributed by atoms with Gasteiger partial charge in [0.05, 0.1) is 0 Å². The highest BCUT2D eigenvalue weighted by Crippen LogP contribution is 2.22. The van der Waals surface area contributed by atoms with Gasteiger partial charge < -0.3 is 19.9 Å². The summed E-state index contributed by atoms with van der Waals surface area (Å²) in [6, 6.07) is 11.1. The molecule has 0 aliphatic heterocycles.